The van der Waals surface area contributed by atoms with E-state index in [1.54, 1.807) is 0 Å². The van der Waals surface area contributed by atoms with Gasteiger partial charge in [0.2, 0.25) is 0 Å². The summed E-state index contributed by atoms with van der Waals surface area (Å²) in [5.41, 5.74) is 0.157. The molecule has 64 valence electrons. The molecule has 0 spiro atoms. The molecule has 1 rings (SSSR count). The van der Waals surface area contributed by atoms with Crippen molar-refractivity contribution < 1.29 is 4.74 Å². The Morgan fingerprint density at radius 1 is 1.64 bits per heavy atom. The molecule has 1 N–H and O–H groups in total. The fourth-order valence-corrected chi connectivity index (χ4v) is 1.27. The summed E-state index contributed by atoms with van der Waals surface area (Å²) in [6, 6.07) is 0. The minimum atomic E-state index is 0.157. The van der Waals surface area contributed by atoms with Crippen LogP contribution in [0.1, 0.15) is 13.8 Å². The van der Waals surface area contributed by atoms with Crippen molar-refractivity contribution >= 4 is 5.84 Å². The van der Waals surface area contributed by atoms with Crippen molar-refractivity contribution in [3.8, 4) is 0 Å². The lowest BCUT2D eigenvalue weighted by Gasteiger charge is -2.38. The highest BCUT2D eigenvalue weighted by Crippen LogP contribution is 2.27. The molecule has 0 aromatic carbocycles. The zero-order chi connectivity index (χ0) is 8.32. The van der Waals surface area contributed by atoms with E-state index in [-0.39, 0.29) is 5.41 Å². The number of hydrogen-bond donors (Lipinski definition) is 1. The molecule has 0 saturated carbocycles. The summed E-state index contributed by atoms with van der Waals surface area (Å²) >= 11 is 0. The largest absolute Gasteiger partial charge is 0.379 e. The topological polar surface area (TPSA) is 33.6 Å². The molecular weight excluding hydrogens is 140 g/mol. The molecule has 1 aliphatic heterocycles. The molecule has 0 atom stereocenters. The normalized spacial score (nSPS) is 22.6. The summed E-state index contributed by atoms with van der Waals surface area (Å²) < 4.78 is 5.15. The Morgan fingerprint density at radius 3 is 2.55 bits per heavy atom. The molecule has 0 radical (unpaired) electrons. The van der Waals surface area contributed by atoms with E-state index in [1.165, 1.54) is 0 Å². The van der Waals surface area contributed by atoms with Gasteiger partial charge in [0.05, 0.1) is 18.6 Å². The van der Waals surface area contributed by atoms with E-state index >= 15 is 0 Å². The monoisotopic (exact) mass is 156 g/mol. The van der Waals surface area contributed by atoms with Crippen LogP contribution in [0.4, 0.5) is 0 Å². The lowest BCUT2D eigenvalue weighted by atomic mass is 9.87. The standard InChI is InChI=1S/C8H16N2O/c1-4-10-7(9-3)8(2)5-11-6-8/h4-6H2,1-3H3,(H,9,10). The van der Waals surface area contributed by atoms with E-state index in [0.29, 0.717) is 0 Å². The highest BCUT2D eigenvalue weighted by Gasteiger charge is 2.38. The maximum atomic E-state index is 5.15. The Morgan fingerprint density at radius 2 is 2.27 bits per heavy atom. The van der Waals surface area contributed by atoms with Crippen molar-refractivity contribution in [1.82, 2.24) is 5.32 Å². The van der Waals surface area contributed by atoms with Crippen molar-refractivity contribution in [2.75, 3.05) is 26.8 Å². The van der Waals surface area contributed by atoms with E-state index in [1.807, 2.05) is 7.05 Å². The quantitative estimate of drug-likeness (QED) is 0.470. The molecule has 1 saturated heterocycles. The minimum Gasteiger partial charge on any atom is -0.379 e. The zero-order valence-electron chi connectivity index (χ0n) is 7.48. The van der Waals surface area contributed by atoms with E-state index in [4.69, 9.17) is 4.74 Å². The first-order valence-electron chi connectivity index (χ1n) is 4.02. The Hall–Kier alpha value is -0.570. The molecule has 0 aliphatic carbocycles. The molecule has 0 aromatic heterocycles. The van der Waals surface area contributed by atoms with Gasteiger partial charge in [-0.2, -0.15) is 0 Å². The Labute approximate surface area is 67.8 Å². The number of hydrogen-bond acceptors (Lipinski definition) is 2. The number of nitrogens with zero attached hydrogens (tertiary/aromatic N) is 1. The summed E-state index contributed by atoms with van der Waals surface area (Å²) in [6.45, 7) is 6.77. The third-order valence-electron chi connectivity index (χ3n) is 1.98. The van der Waals surface area contributed by atoms with Gasteiger partial charge in [-0.15, -0.1) is 0 Å². The Bertz CT molecular complexity index is 161. The molecule has 3 heteroatoms. The fraction of sp³-hybridized carbons (Fsp3) is 0.875. The van der Waals surface area contributed by atoms with Crippen LogP contribution < -0.4 is 5.32 Å². The van der Waals surface area contributed by atoms with Crippen LogP contribution in [-0.2, 0) is 4.74 Å². The smallest absolute Gasteiger partial charge is 0.107 e. The number of amidine groups is 1. The van der Waals surface area contributed by atoms with Crippen molar-refractivity contribution in [2.45, 2.75) is 13.8 Å². The van der Waals surface area contributed by atoms with Gasteiger partial charge in [-0.1, -0.05) is 0 Å². The van der Waals surface area contributed by atoms with Crippen molar-refractivity contribution in [2.24, 2.45) is 10.4 Å². The van der Waals surface area contributed by atoms with Crippen LogP contribution in [0.25, 0.3) is 0 Å². The molecule has 11 heavy (non-hydrogen) atoms. The molecule has 0 aromatic rings. The summed E-state index contributed by atoms with van der Waals surface area (Å²) in [7, 11) is 1.82. The first-order valence-corrected chi connectivity index (χ1v) is 4.02. The highest BCUT2D eigenvalue weighted by molar-refractivity contribution is 5.88. The van der Waals surface area contributed by atoms with Crippen LogP contribution in [-0.4, -0.2) is 32.6 Å². The maximum Gasteiger partial charge on any atom is 0.107 e. The van der Waals surface area contributed by atoms with Crippen molar-refractivity contribution in [1.29, 1.82) is 0 Å². The van der Waals surface area contributed by atoms with Gasteiger partial charge in [-0.25, -0.2) is 0 Å². The second-order valence-electron chi connectivity index (χ2n) is 3.16. The van der Waals surface area contributed by atoms with Gasteiger partial charge in [0.25, 0.3) is 0 Å². The highest BCUT2D eigenvalue weighted by atomic mass is 16.5. The average molecular weight is 156 g/mol. The second kappa shape index (κ2) is 3.22. The predicted octanol–water partition coefficient (Wildman–Crippen LogP) is 0.661. The lowest BCUT2D eigenvalue weighted by Crippen LogP contribution is -2.52. The third kappa shape index (κ3) is 1.53. The molecule has 1 heterocycles. The van der Waals surface area contributed by atoms with Crippen LogP contribution >= 0.6 is 0 Å². The first kappa shape index (κ1) is 8.53. The maximum absolute atomic E-state index is 5.15. The van der Waals surface area contributed by atoms with E-state index < -0.39 is 0 Å². The average Bonchev–Trinajstić information content (AvgIpc) is 1.96. The number of rotatable bonds is 2. The Kier molecular flexibility index (Phi) is 2.49. The molecule has 0 unspecified atom stereocenters. The van der Waals surface area contributed by atoms with Crippen LogP contribution in [0, 0.1) is 5.41 Å². The number of aliphatic imine (C=N–C) groups is 1. The summed E-state index contributed by atoms with van der Waals surface area (Å²) in [4.78, 5) is 4.20. The second-order valence-corrected chi connectivity index (χ2v) is 3.16. The summed E-state index contributed by atoms with van der Waals surface area (Å²) in [6.07, 6.45) is 0. The molecule has 0 bridgehead atoms. The van der Waals surface area contributed by atoms with E-state index in [9.17, 15) is 0 Å². The van der Waals surface area contributed by atoms with Gasteiger partial charge in [0, 0.05) is 13.6 Å². The number of nitrogens with one attached hydrogen (secondary N) is 1. The predicted molar refractivity (Wildman–Crippen MR) is 46.0 cm³/mol. The molecule has 1 aliphatic rings. The van der Waals surface area contributed by atoms with Gasteiger partial charge in [0.15, 0.2) is 0 Å². The molecular formula is C8H16N2O. The van der Waals surface area contributed by atoms with Gasteiger partial charge in [-0.05, 0) is 13.8 Å². The summed E-state index contributed by atoms with van der Waals surface area (Å²) in [5, 5.41) is 3.24. The van der Waals surface area contributed by atoms with Crippen molar-refractivity contribution in [3.63, 3.8) is 0 Å². The van der Waals surface area contributed by atoms with Gasteiger partial charge in [0.1, 0.15) is 5.84 Å². The molecule has 1 fully saturated rings. The van der Waals surface area contributed by atoms with Gasteiger partial charge < -0.3 is 10.1 Å². The number of ether oxygens (including phenoxy) is 1. The van der Waals surface area contributed by atoms with Gasteiger partial charge >= 0.3 is 0 Å². The van der Waals surface area contributed by atoms with Crippen LogP contribution in [0.15, 0.2) is 4.99 Å². The first-order chi connectivity index (χ1) is 5.23. The van der Waals surface area contributed by atoms with E-state index in [0.717, 1.165) is 25.6 Å². The lowest BCUT2D eigenvalue weighted by molar-refractivity contribution is -0.0601. The van der Waals surface area contributed by atoms with Crippen molar-refractivity contribution in [3.05, 3.63) is 0 Å². The third-order valence-corrected chi connectivity index (χ3v) is 1.98. The van der Waals surface area contributed by atoms with Gasteiger partial charge in [-0.3, -0.25) is 4.99 Å². The zero-order valence-corrected chi connectivity index (χ0v) is 7.48. The Balaban J connectivity index is 2.54. The minimum absolute atomic E-state index is 0.157. The SMILES string of the molecule is CCNC(=NC)C1(C)COC1. The molecule has 3 nitrogen and oxygen atoms in total. The molecule has 0 amide bonds. The summed E-state index contributed by atoms with van der Waals surface area (Å²) in [5.74, 6) is 1.08. The fourth-order valence-electron chi connectivity index (χ4n) is 1.27. The van der Waals surface area contributed by atoms with Crippen LogP contribution in [0.2, 0.25) is 0 Å². The van der Waals surface area contributed by atoms with E-state index in [2.05, 4.69) is 24.2 Å². The van der Waals surface area contributed by atoms with Crippen LogP contribution in [0.5, 0.6) is 0 Å². The van der Waals surface area contributed by atoms with Crippen LogP contribution in [0.3, 0.4) is 0 Å².